The van der Waals surface area contributed by atoms with Crippen molar-refractivity contribution in [1.82, 2.24) is 19.9 Å². The maximum absolute atomic E-state index is 9.30. The zero-order valence-corrected chi connectivity index (χ0v) is 30.7. The summed E-state index contributed by atoms with van der Waals surface area (Å²) < 4.78 is 0. The molecule has 3 atom stereocenters. The molecule has 2 aromatic heterocycles. The molecule has 0 aliphatic heterocycles. The molecular formula is C49H38N6. The van der Waals surface area contributed by atoms with E-state index in [0.29, 0.717) is 28.6 Å². The van der Waals surface area contributed by atoms with E-state index in [1.807, 2.05) is 66.7 Å². The van der Waals surface area contributed by atoms with Crippen LogP contribution >= 0.6 is 0 Å². The maximum Gasteiger partial charge on any atom is 0.164 e. The highest BCUT2D eigenvalue weighted by Crippen LogP contribution is 2.51. The highest BCUT2D eigenvalue weighted by molar-refractivity contribution is 5.75. The molecule has 0 radical (unpaired) electrons. The first kappa shape index (κ1) is 34.0. The summed E-state index contributed by atoms with van der Waals surface area (Å²) in [4.78, 5) is 19.7. The Morgan fingerprint density at radius 3 is 1.58 bits per heavy atom. The Morgan fingerprint density at radius 2 is 0.982 bits per heavy atom. The number of pyridine rings is 1. The van der Waals surface area contributed by atoms with E-state index in [1.54, 1.807) is 18.3 Å². The maximum atomic E-state index is 9.30. The fourth-order valence-electron chi connectivity index (χ4n) is 8.80. The third kappa shape index (κ3) is 6.92. The summed E-state index contributed by atoms with van der Waals surface area (Å²) in [6, 6.07) is 49.1. The molecule has 7 aromatic rings. The number of fused-ring (bicyclic) bond motifs is 2. The van der Waals surface area contributed by atoms with E-state index in [1.165, 1.54) is 43.2 Å². The van der Waals surface area contributed by atoms with Crippen LogP contribution in [0.3, 0.4) is 0 Å². The summed E-state index contributed by atoms with van der Waals surface area (Å²) in [5, 5.41) is 18.6. The van der Waals surface area contributed by atoms with Gasteiger partial charge < -0.3 is 0 Å². The van der Waals surface area contributed by atoms with Crippen LogP contribution in [-0.4, -0.2) is 19.9 Å². The van der Waals surface area contributed by atoms with Gasteiger partial charge in [0.2, 0.25) is 0 Å². The minimum absolute atomic E-state index is 0.277. The normalized spacial score (nSPS) is 18.7. The molecule has 55 heavy (non-hydrogen) atoms. The van der Waals surface area contributed by atoms with E-state index < -0.39 is 0 Å². The lowest BCUT2D eigenvalue weighted by Gasteiger charge is -2.38. The number of nitriles is 2. The molecule has 2 heterocycles. The molecule has 0 amide bonds. The van der Waals surface area contributed by atoms with Crippen LogP contribution in [0.5, 0.6) is 0 Å². The monoisotopic (exact) mass is 710 g/mol. The van der Waals surface area contributed by atoms with Gasteiger partial charge in [0.25, 0.3) is 0 Å². The predicted octanol–water partition coefficient (Wildman–Crippen LogP) is 11.5. The number of nitrogens with zero attached hydrogens (tertiary/aromatic N) is 6. The molecule has 2 fully saturated rings. The van der Waals surface area contributed by atoms with Crippen LogP contribution in [0.1, 0.15) is 55.7 Å². The zero-order valence-electron chi connectivity index (χ0n) is 30.7. The van der Waals surface area contributed by atoms with Gasteiger partial charge in [-0.05, 0) is 107 Å². The lowest BCUT2D eigenvalue weighted by molar-refractivity contribution is 0.232. The summed E-state index contributed by atoms with van der Waals surface area (Å²) >= 11 is 0. The van der Waals surface area contributed by atoms with E-state index in [2.05, 4.69) is 78.6 Å². The van der Waals surface area contributed by atoms with Crippen molar-refractivity contribution in [2.75, 3.05) is 0 Å². The lowest BCUT2D eigenvalue weighted by atomic mass is 9.66. The van der Waals surface area contributed by atoms with E-state index in [4.69, 9.17) is 15.0 Å². The zero-order chi connectivity index (χ0) is 37.4. The summed E-state index contributed by atoms with van der Waals surface area (Å²) in [5.74, 6) is 3.44. The summed E-state index contributed by atoms with van der Waals surface area (Å²) in [5.41, 5.74) is 11.5. The molecule has 0 N–H and O–H groups in total. The molecule has 0 spiro atoms. The van der Waals surface area contributed by atoms with Gasteiger partial charge in [-0.1, -0.05) is 111 Å². The molecular weight excluding hydrogens is 673 g/mol. The Morgan fingerprint density at radius 1 is 0.509 bits per heavy atom. The topological polar surface area (TPSA) is 99.1 Å². The molecule has 5 aromatic carbocycles. The Kier molecular flexibility index (Phi) is 8.81. The largest absolute Gasteiger partial charge is 0.256 e. The smallest absolute Gasteiger partial charge is 0.164 e. The lowest BCUT2D eigenvalue weighted by Crippen LogP contribution is -2.30. The van der Waals surface area contributed by atoms with Gasteiger partial charge in [-0.25, -0.2) is 15.0 Å². The number of hydrogen-bond donors (Lipinski definition) is 0. The van der Waals surface area contributed by atoms with Gasteiger partial charge in [-0.3, -0.25) is 4.98 Å². The molecule has 2 aliphatic rings. The number of benzene rings is 5. The first-order valence-corrected chi connectivity index (χ1v) is 19.0. The Hall–Kier alpha value is -6.76. The molecule has 1 unspecified atom stereocenters. The fraction of sp³-hybridized carbons (Fsp3) is 0.184. The molecule has 264 valence electrons. The molecule has 2 saturated carbocycles. The van der Waals surface area contributed by atoms with Gasteiger partial charge >= 0.3 is 0 Å². The third-order valence-corrected chi connectivity index (χ3v) is 11.6. The van der Waals surface area contributed by atoms with Gasteiger partial charge in [0.15, 0.2) is 17.5 Å². The van der Waals surface area contributed by atoms with Crippen molar-refractivity contribution in [3.8, 4) is 79.8 Å². The Balaban J connectivity index is 1.07. The number of rotatable bonds is 7. The Labute approximate surface area is 321 Å². The fourth-order valence-corrected chi connectivity index (χ4v) is 8.80. The molecule has 2 aliphatic carbocycles. The van der Waals surface area contributed by atoms with E-state index >= 15 is 0 Å². The van der Waals surface area contributed by atoms with E-state index in [9.17, 15) is 10.5 Å². The first-order valence-electron chi connectivity index (χ1n) is 19.0. The minimum atomic E-state index is 0.277. The highest BCUT2D eigenvalue weighted by Gasteiger charge is 2.41. The average molecular weight is 711 g/mol. The standard InChI is InChI=1S/C49H38N6/c1-49(28-34-5-6-35(25-34)29-49)44-21-19-37(20-22-44)36-15-17-40(18-16-36)46-53-47(42-4-2-3-41(26-42)38-11-7-32(30-50)8-12-38)55-48(54-46)43-23-24-52-45(27-43)39-13-9-33(31-51)10-14-39/h2-4,7-24,26-27,34-35H,5-6,25,28-29H2,1H3/t34-,35+,49?. The molecule has 6 heteroatoms. The first-order chi connectivity index (χ1) is 26.9. The van der Waals surface area contributed by atoms with Crippen LogP contribution in [0, 0.1) is 34.5 Å². The van der Waals surface area contributed by atoms with Gasteiger partial charge in [0, 0.05) is 28.5 Å². The van der Waals surface area contributed by atoms with Crippen molar-refractivity contribution >= 4 is 0 Å². The summed E-state index contributed by atoms with van der Waals surface area (Å²) in [6.07, 6.45) is 8.62. The number of hydrogen-bond acceptors (Lipinski definition) is 6. The van der Waals surface area contributed by atoms with Crippen molar-refractivity contribution in [1.29, 1.82) is 10.5 Å². The second-order valence-electron chi connectivity index (χ2n) is 15.4. The quantitative estimate of drug-likeness (QED) is 0.163. The van der Waals surface area contributed by atoms with Crippen LogP contribution in [0.4, 0.5) is 0 Å². The van der Waals surface area contributed by atoms with Crippen LogP contribution in [0.15, 0.2) is 140 Å². The predicted molar refractivity (Wildman–Crippen MR) is 217 cm³/mol. The van der Waals surface area contributed by atoms with Crippen molar-refractivity contribution in [2.45, 2.75) is 44.4 Å². The van der Waals surface area contributed by atoms with Gasteiger partial charge in [-0.2, -0.15) is 10.5 Å². The molecule has 2 bridgehead atoms. The SMILES string of the molecule is CC1(c2ccc(-c3ccc(-c4nc(-c5cccc(-c6ccc(C#N)cc6)c5)nc(-c5ccnc(-c6ccc(C#N)cc6)c5)n4)cc3)cc2)C[C@@H]2CC[C@@H](C2)C1. The molecule has 0 saturated heterocycles. The molecule has 9 rings (SSSR count). The summed E-state index contributed by atoms with van der Waals surface area (Å²) in [7, 11) is 0. The third-order valence-electron chi connectivity index (χ3n) is 11.6. The second kappa shape index (κ2) is 14.2. The number of aromatic nitrogens is 4. The van der Waals surface area contributed by atoms with Gasteiger partial charge in [0.1, 0.15) is 0 Å². The summed E-state index contributed by atoms with van der Waals surface area (Å²) in [6.45, 7) is 2.47. The minimum Gasteiger partial charge on any atom is -0.256 e. The van der Waals surface area contributed by atoms with E-state index in [-0.39, 0.29) is 5.41 Å². The van der Waals surface area contributed by atoms with E-state index in [0.717, 1.165) is 56.5 Å². The van der Waals surface area contributed by atoms with Gasteiger partial charge in [0.05, 0.1) is 29.0 Å². The van der Waals surface area contributed by atoms with Crippen LogP contribution in [-0.2, 0) is 5.41 Å². The Bertz CT molecular complexity index is 2460. The van der Waals surface area contributed by atoms with Crippen molar-refractivity contribution in [3.63, 3.8) is 0 Å². The van der Waals surface area contributed by atoms with Crippen molar-refractivity contribution in [3.05, 3.63) is 156 Å². The second-order valence-corrected chi connectivity index (χ2v) is 15.4. The van der Waals surface area contributed by atoms with Crippen molar-refractivity contribution in [2.24, 2.45) is 11.8 Å². The van der Waals surface area contributed by atoms with Crippen LogP contribution < -0.4 is 0 Å². The highest BCUT2D eigenvalue weighted by atomic mass is 15.0. The molecule has 6 nitrogen and oxygen atoms in total. The average Bonchev–Trinajstić information content (AvgIpc) is 3.61. The van der Waals surface area contributed by atoms with Crippen LogP contribution in [0.25, 0.3) is 67.7 Å². The van der Waals surface area contributed by atoms with Crippen molar-refractivity contribution < 1.29 is 0 Å². The van der Waals surface area contributed by atoms with Crippen LogP contribution in [0.2, 0.25) is 0 Å². The van der Waals surface area contributed by atoms with Gasteiger partial charge in [-0.15, -0.1) is 0 Å².